The molecule has 0 aromatic heterocycles. The molecule has 1 aliphatic rings. The van der Waals surface area contributed by atoms with Crippen molar-refractivity contribution in [2.45, 2.75) is 32.7 Å². The summed E-state index contributed by atoms with van der Waals surface area (Å²) in [6, 6.07) is 7.60. The molecular formula is C16H23N3O2. The minimum atomic E-state index is -0.302. The predicted molar refractivity (Wildman–Crippen MR) is 81.8 cm³/mol. The number of hydrogen-bond acceptors (Lipinski definition) is 2. The van der Waals surface area contributed by atoms with E-state index < -0.39 is 0 Å². The molecular weight excluding hydrogens is 266 g/mol. The van der Waals surface area contributed by atoms with Gasteiger partial charge in [0.1, 0.15) is 0 Å². The summed E-state index contributed by atoms with van der Waals surface area (Å²) in [6.45, 7) is 4.17. The molecule has 0 atom stereocenters. The number of urea groups is 1. The van der Waals surface area contributed by atoms with Crippen molar-refractivity contribution < 1.29 is 9.59 Å². The first-order valence-electron chi connectivity index (χ1n) is 7.51. The standard InChI is InChI=1S/C16H23N3O2/c1-13-7-3-4-8-14(13)11-17-16(21)18-12-15(20)19-9-5-2-6-10-19/h3-4,7-8H,2,5-6,9-12H2,1H3,(H2,17,18,21). The number of piperidine rings is 1. The molecule has 5 nitrogen and oxygen atoms in total. The topological polar surface area (TPSA) is 61.4 Å². The van der Waals surface area contributed by atoms with Crippen molar-refractivity contribution in [3.63, 3.8) is 0 Å². The molecule has 21 heavy (non-hydrogen) atoms. The number of rotatable bonds is 4. The molecule has 1 aromatic carbocycles. The number of amides is 3. The quantitative estimate of drug-likeness (QED) is 0.888. The minimum absolute atomic E-state index is 0.000687. The Morgan fingerprint density at radius 3 is 2.52 bits per heavy atom. The maximum Gasteiger partial charge on any atom is 0.315 e. The number of benzene rings is 1. The summed E-state index contributed by atoms with van der Waals surface area (Å²) in [4.78, 5) is 25.5. The van der Waals surface area contributed by atoms with Crippen molar-refractivity contribution in [3.05, 3.63) is 35.4 Å². The summed E-state index contributed by atoms with van der Waals surface area (Å²) in [6.07, 6.45) is 3.31. The Balaban J connectivity index is 1.70. The van der Waals surface area contributed by atoms with Crippen molar-refractivity contribution in [3.8, 4) is 0 Å². The lowest BCUT2D eigenvalue weighted by atomic mass is 10.1. The largest absolute Gasteiger partial charge is 0.341 e. The van der Waals surface area contributed by atoms with Gasteiger partial charge in [-0.2, -0.15) is 0 Å². The normalized spacial score (nSPS) is 14.6. The van der Waals surface area contributed by atoms with Gasteiger partial charge < -0.3 is 15.5 Å². The van der Waals surface area contributed by atoms with E-state index in [0.29, 0.717) is 6.54 Å². The molecule has 0 spiro atoms. The van der Waals surface area contributed by atoms with Gasteiger partial charge >= 0.3 is 6.03 Å². The van der Waals surface area contributed by atoms with Crippen LogP contribution in [0.1, 0.15) is 30.4 Å². The maximum atomic E-state index is 11.9. The van der Waals surface area contributed by atoms with E-state index in [2.05, 4.69) is 10.6 Å². The number of aryl methyl sites for hydroxylation is 1. The van der Waals surface area contributed by atoms with E-state index in [-0.39, 0.29) is 18.5 Å². The highest BCUT2D eigenvalue weighted by Crippen LogP contribution is 2.08. The van der Waals surface area contributed by atoms with Crippen molar-refractivity contribution in [1.29, 1.82) is 0 Å². The summed E-state index contributed by atoms with van der Waals surface area (Å²) in [5.74, 6) is 0.000687. The number of nitrogens with zero attached hydrogens (tertiary/aromatic N) is 1. The van der Waals surface area contributed by atoms with Crippen LogP contribution in [-0.2, 0) is 11.3 Å². The molecule has 1 fully saturated rings. The van der Waals surface area contributed by atoms with Gasteiger partial charge in [0.05, 0.1) is 6.54 Å². The molecule has 1 heterocycles. The van der Waals surface area contributed by atoms with Crippen LogP contribution in [0.5, 0.6) is 0 Å². The third kappa shape index (κ3) is 4.77. The number of carbonyl (C=O) groups excluding carboxylic acids is 2. The van der Waals surface area contributed by atoms with Gasteiger partial charge in [0, 0.05) is 19.6 Å². The van der Waals surface area contributed by atoms with Crippen LogP contribution in [0.15, 0.2) is 24.3 Å². The summed E-state index contributed by atoms with van der Waals surface area (Å²) >= 11 is 0. The number of hydrogen-bond donors (Lipinski definition) is 2. The van der Waals surface area contributed by atoms with Gasteiger partial charge in [0.2, 0.25) is 5.91 Å². The van der Waals surface area contributed by atoms with Crippen LogP contribution in [-0.4, -0.2) is 36.5 Å². The Hall–Kier alpha value is -2.04. The molecule has 0 unspecified atom stereocenters. The van der Waals surface area contributed by atoms with Crippen molar-refractivity contribution in [2.24, 2.45) is 0 Å². The lowest BCUT2D eigenvalue weighted by Crippen LogP contribution is -2.45. The monoisotopic (exact) mass is 289 g/mol. The first-order chi connectivity index (χ1) is 10.2. The van der Waals surface area contributed by atoms with Crippen molar-refractivity contribution in [2.75, 3.05) is 19.6 Å². The Kier molecular flexibility index (Phi) is 5.60. The second-order valence-electron chi connectivity index (χ2n) is 5.40. The fourth-order valence-electron chi connectivity index (χ4n) is 2.46. The van der Waals surface area contributed by atoms with Gasteiger partial charge in [-0.3, -0.25) is 4.79 Å². The van der Waals surface area contributed by atoms with Gasteiger partial charge in [-0.25, -0.2) is 4.79 Å². The molecule has 0 saturated carbocycles. The number of carbonyl (C=O) groups is 2. The summed E-state index contributed by atoms with van der Waals surface area (Å²) in [5, 5.41) is 5.41. The van der Waals surface area contributed by atoms with Crippen LogP contribution in [0.4, 0.5) is 4.79 Å². The molecule has 0 aliphatic carbocycles. The van der Waals surface area contributed by atoms with Crippen molar-refractivity contribution in [1.82, 2.24) is 15.5 Å². The molecule has 5 heteroatoms. The minimum Gasteiger partial charge on any atom is -0.341 e. The van der Waals surface area contributed by atoms with Crippen LogP contribution in [0.2, 0.25) is 0 Å². The first kappa shape index (κ1) is 15.4. The third-order valence-electron chi connectivity index (χ3n) is 3.81. The highest BCUT2D eigenvalue weighted by molar-refractivity contribution is 5.84. The Labute approximate surface area is 125 Å². The van der Waals surface area contributed by atoms with Crippen LogP contribution < -0.4 is 10.6 Å². The van der Waals surface area contributed by atoms with E-state index in [1.54, 1.807) is 0 Å². The Morgan fingerprint density at radius 2 is 1.81 bits per heavy atom. The second kappa shape index (κ2) is 7.67. The Bertz CT molecular complexity index is 496. The highest BCUT2D eigenvalue weighted by atomic mass is 16.2. The molecule has 114 valence electrons. The molecule has 1 aromatic rings. The molecule has 2 N–H and O–H groups in total. The zero-order chi connectivity index (χ0) is 15.1. The van der Waals surface area contributed by atoms with E-state index in [1.165, 1.54) is 6.42 Å². The van der Waals surface area contributed by atoms with E-state index in [0.717, 1.165) is 37.1 Å². The fraction of sp³-hybridized carbons (Fsp3) is 0.500. The smallest absolute Gasteiger partial charge is 0.315 e. The van der Waals surface area contributed by atoms with Crippen molar-refractivity contribution >= 4 is 11.9 Å². The predicted octanol–water partition coefficient (Wildman–Crippen LogP) is 1.81. The van der Waals surface area contributed by atoms with Gasteiger partial charge in [-0.05, 0) is 37.3 Å². The molecule has 0 bridgehead atoms. The molecule has 1 aliphatic heterocycles. The van der Waals surface area contributed by atoms with Gasteiger partial charge in [0.25, 0.3) is 0 Å². The average Bonchev–Trinajstić information content (AvgIpc) is 2.52. The van der Waals surface area contributed by atoms with Crippen LogP contribution in [0, 0.1) is 6.92 Å². The average molecular weight is 289 g/mol. The maximum absolute atomic E-state index is 11.9. The van der Waals surface area contributed by atoms with Crippen LogP contribution in [0.3, 0.4) is 0 Å². The number of likely N-dealkylation sites (tertiary alicyclic amines) is 1. The highest BCUT2D eigenvalue weighted by Gasteiger charge is 2.16. The lowest BCUT2D eigenvalue weighted by molar-refractivity contribution is -0.130. The number of nitrogens with one attached hydrogen (secondary N) is 2. The SMILES string of the molecule is Cc1ccccc1CNC(=O)NCC(=O)N1CCCCC1. The zero-order valence-electron chi connectivity index (χ0n) is 12.5. The molecule has 0 radical (unpaired) electrons. The fourth-order valence-corrected chi connectivity index (χ4v) is 2.46. The Morgan fingerprint density at radius 1 is 1.10 bits per heavy atom. The van der Waals surface area contributed by atoms with Gasteiger partial charge in [-0.1, -0.05) is 24.3 Å². The lowest BCUT2D eigenvalue weighted by Gasteiger charge is -2.26. The van der Waals surface area contributed by atoms with Crippen LogP contribution >= 0.6 is 0 Å². The summed E-state index contributed by atoms with van der Waals surface area (Å²) in [7, 11) is 0. The molecule has 3 amide bonds. The molecule has 1 saturated heterocycles. The zero-order valence-corrected chi connectivity index (χ0v) is 12.5. The van der Waals surface area contributed by atoms with E-state index in [9.17, 15) is 9.59 Å². The van der Waals surface area contributed by atoms with Gasteiger partial charge in [0.15, 0.2) is 0 Å². The van der Waals surface area contributed by atoms with E-state index >= 15 is 0 Å². The summed E-state index contributed by atoms with van der Waals surface area (Å²) < 4.78 is 0. The second-order valence-corrected chi connectivity index (χ2v) is 5.40. The summed E-state index contributed by atoms with van der Waals surface area (Å²) in [5.41, 5.74) is 2.22. The third-order valence-corrected chi connectivity index (χ3v) is 3.81. The molecule has 2 rings (SSSR count). The van der Waals surface area contributed by atoms with Crippen LogP contribution in [0.25, 0.3) is 0 Å². The first-order valence-corrected chi connectivity index (χ1v) is 7.51. The van der Waals surface area contributed by atoms with E-state index in [1.807, 2.05) is 36.1 Å². The van der Waals surface area contributed by atoms with Gasteiger partial charge in [-0.15, -0.1) is 0 Å². The van der Waals surface area contributed by atoms with E-state index in [4.69, 9.17) is 0 Å².